The van der Waals surface area contributed by atoms with Crippen molar-refractivity contribution < 1.29 is 9.18 Å². The number of carbonyl (C=O) groups excluding carboxylic acids is 1. The molecule has 0 radical (unpaired) electrons. The summed E-state index contributed by atoms with van der Waals surface area (Å²) in [6, 6.07) is 3.83. The van der Waals surface area contributed by atoms with Gasteiger partial charge in [0.25, 0.3) is 0 Å². The molecule has 1 N–H and O–H groups in total. The van der Waals surface area contributed by atoms with Crippen LogP contribution < -0.4 is 10.2 Å². The zero-order valence-electron chi connectivity index (χ0n) is 7.96. The molecule has 0 saturated carbocycles. The van der Waals surface area contributed by atoms with Gasteiger partial charge in [-0.15, -0.1) is 0 Å². The molecule has 2 amide bonds. The van der Waals surface area contributed by atoms with Crippen LogP contribution in [0.25, 0.3) is 0 Å². The van der Waals surface area contributed by atoms with E-state index in [4.69, 9.17) is 11.6 Å². The van der Waals surface area contributed by atoms with Crippen LogP contribution in [-0.2, 0) is 0 Å². The van der Waals surface area contributed by atoms with E-state index in [0.717, 1.165) is 6.42 Å². The van der Waals surface area contributed by atoms with Gasteiger partial charge in [-0.05, 0) is 24.6 Å². The van der Waals surface area contributed by atoms with Crippen molar-refractivity contribution in [3.63, 3.8) is 0 Å². The number of hydrogen-bond acceptors (Lipinski definition) is 1. The van der Waals surface area contributed by atoms with Gasteiger partial charge in [-0.25, -0.2) is 9.18 Å². The first-order chi connectivity index (χ1) is 7.18. The van der Waals surface area contributed by atoms with Gasteiger partial charge in [-0.2, -0.15) is 0 Å². The van der Waals surface area contributed by atoms with E-state index >= 15 is 0 Å². The van der Waals surface area contributed by atoms with Crippen molar-refractivity contribution in [3.05, 3.63) is 29.0 Å². The molecule has 1 saturated heterocycles. The Bertz CT molecular complexity index is 397. The van der Waals surface area contributed by atoms with Crippen LogP contribution in [0, 0.1) is 5.82 Å². The predicted molar refractivity (Wildman–Crippen MR) is 56.8 cm³/mol. The number of benzene rings is 1. The number of amides is 2. The molecular weight excluding hydrogens is 219 g/mol. The van der Waals surface area contributed by atoms with Crippen molar-refractivity contribution in [2.75, 3.05) is 18.0 Å². The first-order valence-electron chi connectivity index (χ1n) is 4.69. The molecule has 1 aliphatic rings. The molecule has 1 aromatic rings. The van der Waals surface area contributed by atoms with Crippen molar-refractivity contribution in [1.29, 1.82) is 0 Å². The molecule has 1 fully saturated rings. The fourth-order valence-corrected chi connectivity index (χ4v) is 1.83. The Balaban J connectivity index is 2.31. The molecule has 0 spiro atoms. The summed E-state index contributed by atoms with van der Waals surface area (Å²) < 4.78 is 12.8. The van der Waals surface area contributed by atoms with E-state index in [1.54, 1.807) is 0 Å². The summed E-state index contributed by atoms with van der Waals surface area (Å²) in [6.45, 7) is 1.28. The Morgan fingerprint density at radius 1 is 1.47 bits per heavy atom. The van der Waals surface area contributed by atoms with Crippen LogP contribution in [0.3, 0.4) is 0 Å². The number of anilines is 1. The van der Waals surface area contributed by atoms with Gasteiger partial charge < -0.3 is 5.32 Å². The second-order valence-electron chi connectivity index (χ2n) is 3.33. The van der Waals surface area contributed by atoms with Crippen molar-refractivity contribution in [2.45, 2.75) is 6.42 Å². The number of urea groups is 1. The van der Waals surface area contributed by atoms with Crippen LogP contribution in [0.15, 0.2) is 18.2 Å². The van der Waals surface area contributed by atoms with Gasteiger partial charge >= 0.3 is 6.03 Å². The van der Waals surface area contributed by atoms with E-state index in [9.17, 15) is 9.18 Å². The van der Waals surface area contributed by atoms with Crippen molar-refractivity contribution in [3.8, 4) is 0 Å². The maximum absolute atomic E-state index is 12.8. The molecule has 0 bridgehead atoms. The van der Waals surface area contributed by atoms with Crippen LogP contribution in [0.5, 0.6) is 0 Å². The van der Waals surface area contributed by atoms with E-state index in [0.29, 0.717) is 18.8 Å². The van der Waals surface area contributed by atoms with E-state index in [-0.39, 0.29) is 11.1 Å². The summed E-state index contributed by atoms with van der Waals surface area (Å²) in [7, 11) is 0. The number of halogens is 2. The molecule has 0 atom stereocenters. The third-order valence-electron chi connectivity index (χ3n) is 2.28. The van der Waals surface area contributed by atoms with E-state index in [2.05, 4.69) is 5.32 Å². The summed E-state index contributed by atoms with van der Waals surface area (Å²) in [5.41, 5.74) is 0.551. The maximum atomic E-state index is 12.8. The second kappa shape index (κ2) is 4.06. The van der Waals surface area contributed by atoms with Gasteiger partial charge in [0.15, 0.2) is 0 Å². The second-order valence-corrected chi connectivity index (χ2v) is 3.74. The standard InChI is InChI=1S/C10H10ClFN2O/c11-8-6-7(12)2-3-9(8)14-5-1-4-13-10(14)15/h2-3,6H,1,4-5H2,(H,13,15). The van der Waals surface area contributed by atoms with Gasteiger partial charge in [0, 0.05) is 13.1 Å². The lowest BCUT2D eigenvalue weighted by atomic mass is 10.2. The minimum atomic E-state index is -0.402. The Morgan fingerprint density at radius 3 is 2.93 bits per heavy atom. The average Bonchev–Trinajstić information content (AvgIpc) is 2.20. The first-order valence-corrected chi connectivity index (χ1v) is 5.07. The lowest BCUT2D eigenvalue weighted by Crippen LogP contribution is -2.46. The molecule has 0 aliphatic carbocycles. The minimum absolute atomic E-state index is 0.185. The lowest BCUT2D eigenvalue weighted by molar-refractivity contribution is 0.243. The minimum Gasteiger partial charge on any atom is -0.338 e. The summed E-state index contributed by atoms with van der Waals surface area (Å²) in [6.07, 6.45) is 0.861. The molecule has 0 unspecified atom stereocenters. The highest BCUT2D eigenvalue weighted by Crippen LogP contribution is 2.27. The molecule has 1 heterocycles. The Kier molecular flexibility index (Phi) is 2.77. The van der Waals surface area contributed by atoms with Crippen LogP contribution in [0.4, 0.5) is 14.9 Å². The third-order valence-corrected chi connectivity index (χ3v) is 2.58. The van der Waals surface area contributed by atoms with E-state index in [1.165, 1.54) is 23.1 Å². The SMILES string of the molecule is O=C1NCCCN1c1ccc(F)cc1Cl. The largest absolute Gasteiger partial charge is 0.338 e. The molecule has 1 aliphatic heterocycles. The monoisotopic (exact) mass is 228 g/mol. The lowest BCUT2D eigenvalue weighted by Gasteiger charge is -2.28. The average molecular weight is 229 g/mol. The van der Waals surface area contributed by atoms with Crippen LogP contribution in [0.2, 0.25) is 5.02 Å². The number of nitrogens with zero attached hydrogens (tertiary/aromatic N) is 1. The van der Waals surface area contributed by atoms with E-state index < -0.39 is 5.82 Å². The summed E-state index contributed by atoms with van der Waals surface area (Å²) in [5, 5.41) is 2.96. The number of carbonyl (C=O) groups is 1. The molecular formula is C10H10ClFN2O. The third kappa shape index (κ3) is 2.04. The first kappa shape index (κ1) is 10.2. The highest BCUT2D eigenvalue weighted by Gasteiger charge is 2.21. The predicted octanol–water partition coefficient (Wildman–Crippen LogP) is 2.40. The number of rotatable bonds is 1. The van der Waals surface area contributed by atoms with Crippen molar-refractivity contribution in [1.82, 2.24) is 5.32 Å². The quantitative estimate of drug-likeness (QED) is 0.787. The fraction of sp³-hybridized carbons (Fsp3) is 0.300. The highest BCUT2D eigenvalue weighted by molar-refractivity contribution is 6.33. The van der Waals surface area contributed by atoms with Crippen molar-refractivity contribution in [2.24, 2.45) is 0 Å². The van der Waals surface area contributed by atoms with Crippen LogP contribution >= 0.6 is 11.6 Å². The van der Waals surface area contributed by atoms with Gasteiger partial charge in [-0.3, -0.25) is 4.90 Å². The molecule has 3 nitrogen and oxygen atoms in total. The summed E-state index contributed by atoms with van der Waals surface area (Å²) >= 11 is 5.87. The topological polar surface area (TPSA) is 32.3 Å². The summed E-state index contributed by atoms with van der Waals surface area (Å²) in [5.74, 6) is -0.402. The van der Waals surface area contributed by atoms with E-state index in [1.807, 2.05) is 0 Å². The zero-order valence-corrected chi connectivity index (χ0v) is 8.72. The molecule has 5 heteroatoms. The molecule has 1 aromatic carbocycles. The fourth-order valence-electron chi connectivity index (χ4n) is 1.56. The van der Waals surface area contributed by atoms with Crippen molar-refractivity contribution >= 4 is 23.3 Å². The number of nitrogens with one attached hydrogen (secondary N) is 1. The Labute approximate surface area is 91.8 Å². The smallest absolute Gasteiger partial charge is 0.321 e. The molecule has 80 valence electrons. The van der Waals surface area contributed by atoms with Gasteiger partial charge in [0.2, 0.25) is 0 Å². The normalized spacial score (nSPS) is 16.4. The maximum Gasteiger partial charge on any atom is 0.321 e. The van der Waals surface area contributed by atoms with Gasteiger partial charge in [-0.1, -0.05) is 11.6 Å². The number of hydrogen-bond donors (Lipinski definition) is 1. The summed E-state index contributed by atoms with van der Waals surface area (Å²) in [4.78, 5) is 13.0. The molecule has 0 aromatic heterocycles. The van der Waals surface area contributed by atoms with Crippen LogP contribution in [-0.4, -0.2) is 19.1 Å². The van der Waals surface area contributed by atoms with Gasteiger partial charge in [0.05, 0.1) is 10.7 Å². The molecule has 15 heavy (non-hydrogen) atoms. The molecule has 2 rings (SSSR count). The Hall–Kier alpha value is -1.29. The Morgan fingerprint density at radius 2 is 2.27 bits per heavy atom. The highest BCUT2D eigenvalue weighted by atomic mass is 35.5. The van der Waals surface area contributed by atoms with Crippen LogP contribution in [0.1, 0.15) is 6.42 Å². The zero-order chi connectivity index (χ0) is 10.8. The van der Waals surface area contributed by atoms with Gasteiger partial charge in [0.1, 0.15) is 5.82 Å².